The van der Waals surface area contributed by atoms with Crippen molar-refractivity contribution in [3.05, 3.63) is 22.6 Å². The van der Waals surface area contributed by atoms with Crippen molar-refractivity contribution in [2.75, 3.05) is 0 Å². The van der Waals surface area contributed by atoms with Crippen LogP contribution in [-0.2, 0) is 13.5 Å². The van der Waals surface area contributed by atoms with Crippen LogP contribution in [0.4, 0.5) is 0 Å². The second-order valence-electron chi connectivity index (χ2n) is 4.18. The Bertz CT molecular complexity index is 488. The van der Waals surface area contributed by atoms with Crippen LogP contribution < -0.4 is 0 Å². The van der Waals surface area contributed by atoms with E-state index in [1.54, 1.807) is 0 Å². The molecule has 0 fully saturated rings. The summed E-state index contributed by atoms with van der Waals surface area (Å²) in [6, 6.07) is 2.01. The van der Waals surface area contributed by atoms with Crippen molar-refractivity contribution in [2.45, 2.75) is 20.3 Å². The Morgan fingerprint density at radius 2 is 2.20 bits per heavy atom. The Labute approximate surface area is 97.7 Å². The lowest BCUT2D eigenvalue weighted by Gasteiger charge is -2.03. The zero-order chi connectivity index (χ0) is 11.0. The Balaban J connectivity index is 2.54. The van der Waals surface area contributed by atoms with Crippen molar-refractivity contribution in [1.29, 1.82) is 0 Å². The molecular weight excluding hydrogens is 254 g/mol. The van der Waals surface area contributed by atoms with Gasteiger partial charge < -0.3 is 4.57 Å². The molecule has 0 bridgehead atoms. The fraction of sp³-hybridized carbons (Fsp3) is 0.455. The Morgan fingerprint density at radius 1 is 1.47 bits per heavy atom. The van der Waals surface area contributed by atoms with Gasteiger partial charge in [0, 0.05) is 24.1 Å². The highest BCUT2D eigenvalue weighted by atomic mass is 79.9. The van der Waals surface area contributed by atoms with Gasteiger partial charge in [-0.25, -0.2) is 9.97 Å². The first kappa shape index (κ1) is 10.6. The minimum atomic E-state index is 0.615. The lowest BCUT2D eigenvalue weighted by Crippen LogP contribution is -2.02. The standard InChI is InChI=1S/C11H14BrN3/c1-7(2)4-10-14-9-5-8(12)6-13-11(9)15(10)3/h5-7H,4H2,1-3H3. The molecule has 3 nitrogen and oxygen atoms in total. The topological polar surface area (TPSA) is 30.7 Å². The number of fused-ring (bicyclic) bond motifs is 1. The average molecular weight is 268 g/mol. The molecule has 0 saturated carbocycles. The number of rotatable bonds is 2. The molecule has 2 aromatic heterocycles. The summed E-state index contributed by atoms with van der Waals surface area (Å²) in [6.45, 7) is 4.39. The third kappa shape index (κ3) is 2.04. The molecule has 4 heteroatoms. The number of hydrogen-bond donors (Lipinski definition) is 0. The molecule has 0 aliphatic rings. The van der Waals surface area contributed by atoms with Gasteiger partial charge in [-0.2, -0.15) is 0 Å². The first-order chi connectivity index (χ1) is 7.08. The van der Waals surface area contributed by atoms with Gasteiger partial charge >= 0.3 is 0 Å². The van der Waals surface area contributed by atoms with Gasteiger partial charge in [0.15, 0.2) is 5.65 Å². The van der Waals surface area contributed by atoms with Gasteiger partial charge in [-0.15, -0.1) is 0 Å². The molecule has 0 amide bonds. The molecule has 2 heterocycles. The number of nitrogens with zero attached hydrogens (tertiary/aromatic N) is 3. The lowest BCUT2D eigenvalue weighted by atomic mass is 10.1. The summed E-state index contributed by atoms with van der Waals surface area (Å²) in [5, 5.41) is 0. The Morgan fingerprint density at radius 3 is 2.87 bits per heavy atom. The number of aryl methyl sites for hydroxylation is 1. The third-order valence-electron chi connectivity index (χ3n) is 2.36. The van der Waals surface area contributed by atoms with Crippen LogP contribution in [0, 0.1) is 5.92 Å². The number of pyridine rings is 1. The van der Waals surface area contributed by atoms with E-state index in [-0.39, 0.29) is 0 Å². The van der Waals surface area contributed by atoms with Crippen molar-refractivity contribution in [3.8, 4) is 0 Å². The van der Waals surface area contributed by atoms with E-state index in [2.05, 4.69) is 44.3 Å². The van der Waals surface area contributed by atoms with Crippen molar-refractivity contribution in [2.24, 2.45) is 13.0 Å². The molecule has 15 heavy (non-hydrogen) atoms. The van der Waals surface area contributed by atoms with E-state index < -0.39 is 0 Å². The second-order valence-corrected chi connectivity index (χ2v) is 5.10. The van der Waals surface area contributed by atoms with E-state index in [4.69, 9.17) is 0 Å². The molecule has 0 saturated heterocycles. The number of imidazole rings is 1. The van der Waals surface area contributed by atoms with E-state index in [0.29, 0.717) is 5.92 Å². The third-order valence-corrected chi connectivity index (χ3v) is 2.79. The van der Waals surface area contributed by atoms with Crippen molar-refractivity contribution < 1.29 is 0 Å². The Hall–Kier alpha value is -0.900. The lowest BCUT2D eigenvalue weighted by molar-refractivity contribution is 0.605. The summed E-state index contributed by atoms with van der Waals surface area (Å²) in [6.07, 6.45) is 2.80. The van der Waals surface area contributed by atoms with Crippen LogP contribution in [0.2, 0.25) is 0 Å². The molecule has 0 atom stereocenters. The molecule has 0 aliphatic carbocycles. The molecule has 0 spiro atoms. The quantitative estimate of drug-likeness (QED) is 0.838. The number of halogens is 1. The van der Waals surface area contributed by atoms with Gasteiger partial charge in [0.1, 0.15) is 11.3 Å². The molecule has 0 aliphatic heterocycles. The summed E-state index contributed by atoms with van der Waals surface area (Å²) in [4.78, 5) is 8.95. The van der Waals surface area contributed by atoms with Crippen molar-refractivity contribution >= 4 is 27.1 Å². The maximum absolute atomic E-state index is 4.58. The zero-order valence-corrected chi connectivity index (χ0v) is 10.7. The highest BCUT2D eigenvalue weighted by Gasteiger charge is 2.10. The average Bonchev–Trinajstić information content (AvgIpc) is 2.42. The van der Waals surface area contributed by atoms with E-state index in [0.717, 1.165) is 27.9 Å². The monoisotopic (exact) mass is 267 g/mol. The fourth-order valence-electron chi connectivity index (χ4n) is 1.65. The molecule has 80 valence electrons. The van der Waals surface area contributed by atoms with Gasteiger partial charge in [-0.05, 0) is 27.9 Å². The van der Waals surface area contributed by atoms with Gasteiger partial charge in [-0.1, -0.05) is 13.8 Å². The van der Waals surface area contributed by atoms with Crippen LogP contribution in [0.5, 0.6) is 0 Å². The highest BCUT2D eigenvalue weighted by Crippen LogP contribution is 2.18. The van der Waals surface area contributed by atoms with Gasteiger partial charge in [-0.3, -0.25) is 0 Å². The van der Waals surface area contributed by atoms with Crippen LogP contribution in [0.1, 0.15) is 19.7 Å². The minimum absolute atomic E-state index is 0.615. The van der Waals surface area contributed by atoms with Gasteiger partial charge in [0.2, 0.25) is 0 Å². The maximum atomic E-state index is 4.58. The summed E-state index contributed by atoms with van der Waals surface area (Å²) in [7, 11) is 2.02. The van der Waals surface area contributed by atoms with Gasteiger partial charge in [0.05, 0.1) is 0 Å². The normalized spacial score (nSPS) is 11.5. The summed E-state index contributed by atoms with van der Waals surface area (Å²) in [5.74, 6) is 1.72. The second kappa shape index (κ2) is 3.93. The van der Waals surface area contributed by atoms with E-state index >= 15 is 0 Å². The van der Waals surface area contributed by atoms with E-state index in [1.165, 1.54) is 0 Å². The van der Waals surface area contributed by atoms with Crippen LogP contribution in [0.15, 0.2) is 16.7 Å². The largest absolute Gasteiger partial charge is 0.316 e. The smallest absolute Gasteiger partial charge is 0.159 e. The SMILES string of the molecule is CC(C)Cc1nc2cc(Br)cnc2n1C. The molecule has 0 radical (unpaired) electrons. The minimum Gasteiger partial charge on any atom is -0.316 e. The van der Waals surface area contributed by atoms with Crippen LogP contribution in [0.3, 0.4) is 0 Å². The molecule has 0 aromatic carbocycles. The summed E-state index contributed by atoms with van der Waals surface area (Å²) in [5.41, 5.74) is 1.91. The van der Waals surface area contributed by atoms with Gasteiger partial charge in [0.25, 0.3) is 0 Å². The van der Waals surface area contributed by atoms with Crippen LogP contribution >= 0.6 is 15.9 Å². The predicted octanol–water partition coefficient (Wildman–Crippen LogP) is 2.93. The van der Waals surface area contributed by atoms with Crippen LogP contribution in [0.25, 0.3) is 11.2 Å². The van der Waals surface area contributed by atoms with Crippen molar-refractivity contribution in [1.82, 2.24) is 14.5 Å². The number of hydrogen-bond acceptors (Lipinski definition) is 2. The number of aromatic nitrogens is 3. The van der Waals surface area contributed by atoms with Crippen molar-refractivity contribution in [3.63, 3.8) is 0 Å². The first-order valence-electron chi connectivity index (χ1n) is 5.04. The predicted molar refractivity (Wildman–Crippen MR) is 64.8 cm³/mol. The fourth-order valence-corrected chi connectivity index (χ4v) is 1.97. The van der Waals surface area contributed by atoms with E-state index in [9.17, 15) is 0 Å². The summed E-state index contributed by atoms with van der Waals surface area (Å²) < 4.78 is 3.05. The highest BCUT2D eigenvalue weighted by molar-refractivity contribution is 9.10. The molecule has 2 rings (SSSR count). The van der Waals surface area contributed by atoms with Crippen LogP contribution in [-0.4, -0.2) is 14.5 Å². The zero-order valence-electron chi connectivity index (χ0n) is 9.16. The Kier molecular flexibility index (Phi) is 2.78. The summed E-state index contributed by atoms with van der Waals surface area (Å²) >= 11 is 3.41. The van der Waals surface area contributed by atoms with E-state index in [1.807, 2.05) is 19.3 Å². The molecule has 0 N–H and O–H groups in total. The maximum Gasteiger partial charge on any atom is 0.159 e. The molecule has 2 aromatic rings. The first-order valence-corrected chi connectivity index (χ1v) is 5.84. The molecular formula is C11H14BrN3. The molecule has 0 unspecified atom stereocenters.